The van der Waals surface area contributed by atoms with Crippen LogP contribution in [0, 0.1) is 5.92 Å². The van der Waals surface area contributed by atoms with Gasteiger partial charge in [-0.3, -0.25) is 0 Å². The van der Waals surface area contributed by atoms with E-state index in [1.165, 1.54) is 12.0 Å². The second-order valence-corrected chi connectivity index (χ2v) is 7.35. The van der Waals surface area contributed by atoms with Crippen molar-refractivity contribution in [1.82, 2.24) is 5.32 Å². The first-order chi connectivity index (χ1) is 9.76. The van der Waals surface area contributed by atoms with Crippen LogP contribution < -0.4 is 10.2 Å². The highest BCUT2D eigenvalue weighted by Crippen LogP contribution is 2.28. The summed E-state index contributed by atoms with van der Waals surface area (Å²) in [6.45, 7) is 16.1. The Balaban J connectivity index is 2.81. The Bertz CT molecular complexity index is 437. The minimum Gasteiger partial charge on any atom is -0.370 e. The second kappa shape index (κ2) is 8.05. The van der Waals surface area contributed by atoms with E-state index in [0.29, 0.717) is 5.92 Å². The molecule has 1 atom stereocenters. The first-order valence-corrected chi connectivity index (χ1v) is 8.43. The summed E-state index contributed by atoms with van der Waals surface area (Å²) in [6.07, 6.45) is 1.20. The number of nitrogens with zero attached hydrogens (tertiary/aromatic N) is 1. The highest BCUT2D eigenvalue weighted by atomic mass is 35.5. The van der Waals surface area contributed by atoms with E-state index in [2.05, 4.69) is 70.0 Å². The second-order valence-electron chi connectivity index (χ2n) is 6.94. The van der Waals surface area contributed by atoms with E-state index in [1.54, 1.807) is 0 Å². The molecule has 0 saturated carbocycles. The van der Waals surface area contributed by atoms with Gasteiger partial charge in [-0.15, -0.1) is 0 Å². The van der Waals surface area contributed by atoms with Gasteiger partial charge in [-0.1, -0.05) is 37.9 Å². The number of hydrogen-bond donors (Lipinski definition) is 1. The van der Waals surface area contributed by atoms with Gasteiger partial charge < -0.3 is 10.2 Å². The molecule has 0 aliphatic carbocycles. The van der Waals surface area contributed by atoms with Crippen LogP contribution in [0.4, 0.5) is 5.69 Å². The quantitative estimate of drug-likeness (QED) is 0.753. The van der Waals surface area contributed by atoms with E-state index in [1.807, 2.05) is 0 Å². The van der Waals surface area contributed by atoms with E-state index in [4.69, 9.17) is 11.6 Å². The highest BCUT2D eigenvalue weighted by molar-refractivity contribution is 6.33. The molecule has 0 saturated heterocycles. The van der Waals surface area contributed by atoms with Crippen LogP contribution in [-0.2, 0) is 6.54 Å². The Kier molecular flexibility index (Phi) is 7.02. The summed E-state index contributed by atoms with van der Waals surface area (Å²) in [4.78, 5) is 2.37. The van der Waals surface area contributed by atoms with Crippen LogP contribution in [0.2, 0.25) is 5.02 Å². The monoisotopic (exact) mass is 310 g/mol. The van der Waals surface area contributed by atoms with E-state index in [0.717, 1.165) is 30.3 Å². The number of nitrogens with one attached hydrogen (secondary N) is 1. The lowest BCUT2D eigenvalue weighted by Gasteiger charge is -2.27. The van der Waals surface area contributed by atoms with Gasteiger partial charge >= 0.3 is 0 Å². The van der Waals surface area contributed by atoms with Crippen molar-refractivity contribution < 1.29 is 0 Å². The summed E-state index contributed by atoms with van der Waals surface area (Å²) in [7, 11) is 0. The van der Waals surface area contributed by atoms with Crippen molar-refractivity contribution in [2.24, 2.45) is 5.92 Å². The third-order valence-corrected chi connectivity index (χ3v) is 4.09. The van der Waals surface area contributed by atoms with Gasteiger partial charge in [0.25, 0.3) is 0 Å². The fraction of sp³-hybridized carbons (Fsp3) is 0.667. The van der Waals surface area contributed by atoms with E-state index in [-0.39, 0.29) is 5.54 Å². The van der Waals surface area contributed by atoms with Crippen LogP contribution in [-0.4, -0.2) is 18.6 Å². The number of halogens is 1. The van der Waals surface area contributed by atoms with Gasteiger partial charge in [-0.05, 0) is 51.3 Å². The Morgan fingerprint density at radius 2 is 1.90 bits per heavy atom. The molecule has 0 radical (unpaired) electrons. The molecule has 1 aromatic carbocycles. The maximum Gasteiger partial charge on any atom is 0.0642 e. The van der Waals surface area contributed by atoms with Crippen LogP contribution in [0.5, 0.6) is 0 Å². The normalized spacial score (nSPS) is 13.3. The summed E-state index contributed by atoms with van der Waals surface area (Å²) in [6, 6.07) is 6.43. The average Bonchev–Trinajstić information content (AvgIpc) is 2.42. The number of benzene rings is 1. The van der Waals surface area contributed by atoms with Crippen molar-refractivity contribution in [3.63, 3.8) is 0 Å². The molecular weight excluding hydrogens is 280 g/mol. The molecule has 21 heavy (non-hydrogen) atoms. The van der Waals surface area contributed by atoms with Crippen molar-refractivity contribution in [2.45, 2.75) is 60.0 Å². The third kappa shape index (κ3) is 6.27. The molecule has 0 amide bonds. The molecule has 1 unspecified atom stereocenters. The lowest BCUT2D eigenvalue weighted by molar-refractivity contribution is 0.424. The van der Waals surface area contributed by atoms with Crippen LogP contribution in [0.15, 0.2) is 18.2 Å². The molecular formula is C18H31ClN2. The van der Waals surface area contributed by atoms with Gasteiger partial charge in [0.15, 0.2) is 0 Å². The SMILES string of the molecule is CCC(C)CN(CC)c1ccc(CNC(C)(C)C)cc1Cl. The van der Waals surface area contributed by atoms with E-state index in [9.17, 15) is 0 Å². The van der Waals surface area contributed by atoms with Gasteiger partial charge in [0.05, 0.1) is 10.7 Å². The van der Waals surface area contributed by atoms with Gasteiger partial charge in [0.2, 0.25) is 0 Å². The van der Waals surface area contributed by atoms with Crippen LogP contribution >= 0.6 is 11.6 Å². The summed E-state index contributed by atoms with van der Waals surface area (Å²) < 4.78 is 0. The van der Waals surface area contributed by atoms with Crippen molar-refractivity contribution in [3.8, 4) is 0 Å². The van der Waals surface area contributed by atoms with Crippen LogP contribution in [0.25, 0.3) is 0 Å². The fourth-order valence-corrected chi connectivity index (χ4v) is 2.51. The maximum atomic E-state index is 6.51. The summed E-state index contributed by atoms with van der Waals surface area (Å²) >= 11 is 6.51. The molecule has 0 spiro atoms. The van der Waals surface area contributed by atoms with Crippen molar-refractivity contribution in [2.75, 3.05) is 18.0 Å². The number of anilines is 1. The number of hydrogen-bond acceptors (Lipinski definition) is 2. The molecule has 0 aromatic heterocycles. The zero-order valence-electron chi connectivity index (χ0n) is 14.5. The Hall–Kier alpha value is -0.730. The van der Waals surface area contributed by atoms with Crippen molar-refractivity contribution in [1.29, 1.82) is 0 Å². The Morgan fingerprint density at radius 3 is 2.38 bits per heavy atom. The van der Waals surface area contributed by atoms with Crippen molar-refractivity contribution >= 4 is 17.3 Å². The molecule has 2 nitrogen and oxygen atoms in total. The zero-order valence-corrected chi connectivity index (χ0v) is 15.2. The van der Waals surface area contributed by atoms with Gasteiger partial charge in [0.1, 0.15) is 0 Å². The summed E-state index contributed by atoms with van der Waals surface area (Å²) in [5.41, 5.74) is 2.51. The number of rotatable bonds is 7. The predicted octanol–water partition coefficient (Wildman–Crippen LogP) is 5.10. The van der Waals surface area contributed by atoms with Crippen LogP contribution in [0.1, 0.15) is 53.5 Å². The first-order valence-electron chi connectivity index (χ1n) is 8.05. The Morgan fingerprint density at radius 1 is 1.24 bits per heavy atom. The Labute approximate surface area is 135 Å². The summed E-state index contributed by atoms with van der Waals surface area (Å²) in [5.74, 6) is 0.684. The molecule has 0 heterocycles. The van der Waals surface area contributed by atoms with Gasteiger partial charge in [-0.25, -0.2) is 0 Å². The zero-order chi connectivity index (χ0) is 16.0. The fourth-order valence-electron chi connectivity index (χ4n) is 2.19. The average molecular weight is 311 g/mol. The third-order valence-electron chi connectivity index (χ3n) is 3.79. The van der Waals surface area contributed by atoms with Crippen molar-refractivity contribution in [3.05, 3.63) is 28.8 Å². The maximum absolute atomic E-state index is 6.51. The minimum atomic E-state index is 0.122. The lowest BCUT2D eigenvalue weighted by atomic mass is 10.1. The lowest BCUT2D eigenvalue weighted by Crippen LogP contribution is -2.35. The molecule has 0 aliphatic rings. The smallest absolute Gasteiger partial charge is 0.0642 e. The molecule has 3 heteroatoms. The molecule has 0 fully saturated rings. The molecule has 1 rings (SSSR count). The van der Waals surface area contributed by atoms with E-state index < -0.39 is 0 Å². The molecule has 1 N–H and O–H groups in total. The molecule has 0 bridgehead atoms. The predicted molar refractivity (Wildman–Crippen MR) is 95.4 cm³/mol. The minimum absolute atomic E-state index is 0.122. The highest BCUT2D eigenvalue weighted by Gasteiger charge is 2.13. The van der Waals surface area contributed by atoms with Gasteiger partial charge in [0, 0.05) is 25.2 Å². The molecule has 0 aliphatic heterocycles. The van der Waals surface area contributed by atoms with E-state index >= 15 is 0 Å². The first kappa shape index (κ1) is 18.3. The van der Waals surface area contributed by atoms with Crippen LogP contribution in [0.3, 0.4) is 0 Å². The topological polar surface area (TPSA) is 15.3 Å². The molecule has 1 aromatic rings. The summed E-state index contributed by atoms with van der Waals surface area (Å²) in [5, 5.41) is 4.35. The molecule has 120 valence electrons. The standard InChI is InChI=1S/C18H31ClN2/c1-7-14(3)13-21(8-2)17-10-9-15(11-16(17)19)12-20-18(4,5)6/h9-11,14,20H,7-8,12-13H2,1-6H3. The van der Waals surface area contributed by atoms with Gasteiger partial charge in [-0.2, -0.15) is 0 Å². The largest absolute Gasteiger partial charge is 0.370 e.